The number of rotatable bonds is 3. The molecule has 2 atom stereocenters. The molecule has 2 aromatic rings. The van der Waals surface area contributed by atoms with Crippen molar-refractivity contribution in [3.63, 3.8) is 0 Å². The molecule has 9 heteroatoms. The number of nitrogens with one attached hydrogen (secondary N) is 2. The number of aromatic nitrogens is 2. The van der Waals surface area contributed by atoms with Crippen molar-refractivity contribution in [2.45, 2.75) is 51.0 Å². The summed E-state index contributed by atoms with van der Waals surface area (Å²) in [5.74, 6) is 0.268. The van der Waals surface area contributed by atoms with Gasteiger partial charge in [0, 0.05) is 18.0 Å². The van der Waals surface area contributed by atoms with E-state index in [1.54, 1.807) is 45.0 Å². The van der Waals surface area contributed by atoms with Crippen molar-refractivity contribution in [3.8, 4) is 5.75 Å². The van der Waals surface area contributed by atoms with E-state index >= 15 is 0 Å². The van der Waals surface area contributed by atoms with Gasteiger partial charge >= 0.3 is 6.18 Å². The van der Waals surface area contributed by atoms with E-state index < -0.39 is 29.7 Å². The Morgan fingerprint density at radius 3 is 2.43 bits per heavy atom. The number of hydrogen-bond acceptors (Lipinski definition) is 4. The maximum absolute atomic E-state index is 13.7. The van der Waals surface area contributed by atoms with Gasteiger partial charge in [0.1, 0.15) is 11.6 Å². The summed E-state index contributed by atoms with van der Waals surface area (Å²) in [7, 11) is 1.52. The molecule has 0 spiro atoms. The predicted molar refractivity (Wildman–Crippen MR) is 98.5 cm³/mol. The molecule has 2 heterocycles. The van der Waals surface area contributed by atoms with Gasteiger partial charge in [0.05, 0.1) is 13.2 Å². The topological polar surface area (TPSA) is 68.2 Å². The Kier molecular flexibility index (Phi) is 5.03. The molecule has 0 aliphatic carbocycles. The number of amides is 1. The minimum atomic E-state index is -4.49. The van der Waals surface area contributed by atoms with Crippen LogP contribution in [0.1, 0.15) is 55.3 Å². The Bertz CT molecular complexity index is 854. The number of fused-ring (bicyclic) bond motifs is 1. The van der Waals surface area contributed by atoms with Crippen LogP contribution in [-0.2, 0) is 0 Å². The molecule has 1 aromatic heterocycles. The van der Waals surface area contributed by atoms with E-state index in [1.807, 2.05) is 0 Å². The van der Waals surface area contributed by atoms with Crippen LogP contribution in [0, 0.1) is 0 Å². The first kappa shape index (κ1) is 20.0. The lowest BCUT2D eigenvalue weighted by Gasteiger charge is -2.33. The summed E-state index contributed by atoms with van der Waals surface area (Å²) in [4.78, 5) is 12.3. The molecule has 0 unspecified atom stereocenters. The standard InChI is InChI=1S/C19H23F3N4O2/c1-18(2,3)24-17(27)14-10-16-23-13(11-5-7-12(28-4)8-6-11)9-15(19(20,21)22)26(16)25-14/h5-8,10,13,15,23H,9H2,1-4H3,(H,24,27)/t13-,15-/m0/s1. The zero-order valence-corrected chi connectivity index (χ0v) is 16.1. The second-order valence-electron chi connectivity index (χ2n) is 7.83. The van der Waals surface area contributed by atoms with E-state index in [0.29, 0.717) is 11.3 Å². The highest BCUT2D eigenvalue weighted by atomic mass is 19.4. The third-order valence-electron chi connectivity index (χ3n) is 4.43. The summed E-state index contributed by atoms with van der Waals surface area (Å²) in [6, 6.07) is 5.82. The molecule has 0 fully saturated rings. The van der Waals surface area contributed by atoms with E-state index in [4.69, 9.17) is 4.74 Å². The molecule has 0 saturated carbocycles. The van der Waals surface area contributed by atoms with Crippen LogP contribution in [-0.4, -0.2) is 34.5 Å². The molecule has 0 saturated heterocycles. The van der Waals surface area contributed by atoms with Gasteiger partial charge in [0.15, 0.2) is 11.7 Å². The van der Waals surface area contributed by atoms with Gasteiger partial charge in [-0.3, -0.25) is 4.79 Å². The number of alkyl halides is 3. The largest absolute Gasteiger partial charge is 0.497 e. The second kappa shape index (κ2) is 7.03. The first-order valence-electron chi connectivity index (χ1n) is 8.87. The zero-order chi connectivity index (χ0) is 20.7. The van der Waals surface area contributed by atoms with Gasteiger partial charge in [-0.1, -0.05) is 12.1 Å². The fourth-order valence-corrected chi connectivity index (χ4v) is 3.14. The maximum Gasteiger partial charge on any atom is 0.410 e. The number of hydrogen-bond donors (Lipinski definition) is 2. The Balaban J connectivity index is 1.94. The van der Waals surface area contributed by atoms with E-state index in [0.717, 1.165) is 4.68 Å². The van der Waals surface area contributed by atoms with Crippen LogP contribution in [0.2, 0.25) is 0 Å². The molecule has 2 N–H and O–H groups in total. The number of halogens is 3. The number of benzene rings is 1. The van der Waals surface area contributed by atoms with Crippen molar-refractivity contribution in [3.05, 3.63) is 41.6 Å². The van der Waals surface area contributed by atoms with Crippen LogP contribution >= 0.6 is 0 Å². The summed E-state index contributed by atoms with van der Waals surface area (Å²) in [5.41, 5.74) is 0.120. The third-order valence-corrected chi connectivity index (χ3v) is 4.43. The molecule has 0 bridgehead atoms. The number of methoxy groups -OCH3 is 1. The second-order valence-corrected chi connectivity index (χ2v) is 7.83. The van der Waals surface area contributed by atoms with E-state index in [-0.39, 0.29) is 17.9 Å². The number of ether oxygens (including phenoxy) is 1. The molecule has 1 aliphatic heterocycles. The van der Waals surface area contributed by atoms with Gasteiger partial charge in [-0.25, -0.2) is 4.68 Å². The van der Waals surface area contributed by atoms with Gasteiger partial charge in [-0.15, -0.1) is 0 Å². The third kappa shape index (κ3) is 4.23. The van der Waals surface area contributed by atoms with Gasteiger partial charge in [0.2, 0.25) is 0 Å². The molecule has 1 aromatic carbocycles. The molecule has 6 nitrogen and oxygen atoms in total. The highest BCUT2D eigenvalue weighted by molar-refractivity contribution is 5.93. The van der Waals surface area contributed by atoms with Crippen molar-refractivity contribution < 1.29 is 22.7 Å². The fourth-order valence-electron chi connectivity index (χ4n) is 3.14. The molecular formula is C19H23F3N4O2. The summed E-state index contributed by atoms with van der Waals surface area (Å²) < 4.78 is 47.1. The normalized spacial score (nSPS) is 19.5. The van der Waals surface area contributed by atoms with Crippen molar-refractivity contribution >= 4 is 11.7 Å². The number of carbonyl (C=O) groups is 1. The maximum atomic E-state index is 13.7. The Hall–Kier alpha value is -2.71. The molecule has 3 rings (SSSR count). The van der Waals surface area contributed by atoms with E-state index in [2.05, 4.69) is 15.7 Å². The van der Waals surface area contributed by atoms with Crippen molar-refractivity contribution in [1.29, 1.82) is 0 Å². The first-order valence-corrected chi connectivity index (χ1v) is 8.87. The predicted octanol–water partition coefficient (Wildman–Crippen LogP) is 4.08. The lowest BCUT2D eigenvalue weighted by atomic mass is 9.97. The summed E-state index contributed by atoms with van der Waals surface area (Å²) in [6.45, 7) is 5.37. The minimum Gasteiger partial charge on any atom is -0.497 e. The Labute approximate surface area is 161 Å². The summed E-state index contributed by atoms with van der Waals surface area (Å²) in [6.07, 6.45) is -4.73. The van der Waals surface area contributed by atoms with E-state index in [1.165, 1.54) is 13.2 Å². The van der Waals surface area contributed by atoms with Crippen LogP contribution in [0.4, 0.5) is 19.0 Å². The van der Waals surface area contributed by atoms with Crippen LogP contribution in [0.5, 0.6) is 5.75 Å². The number of carbonyl (C=O) groups excluding carboxylic acids is 1. The highest BCUT2D eigenvalue weighted by Crippen LogP contribution is 2.43. The van der Waals surface area contributed by atoms with Gasteiger partial charge in [-0.2, -0.15) is 18.3 Å². The Morgan fingerprint density at radius 1 is 1.25 bits per heavy atom. The lowest BCUT2D eigenvalue weighted by molar-refractivity contribution is -0.173. The smallest absolute Gasteiger partial charge is 0.410 e. The van der Waals surface area contributed by atoms with Crippen LogP contribution in [0.15, 0.2) is 30.3 Å². The van der Waals surface area contributed by atoms with Crippen LogP contribution in [0.3, 0.4) is 0 Å². The lowest BCUT2D eigenvalue weighted by Crippen LogP contribution is -2.41. The molecule has 0 radical (unpaired) electrons. The average Bonchev–Trinajstić information content (AvgIpc) is 3.03. The summed E-state index contributed by atoms with van der Waals surface area (Å²) in [5, 5.41) is 9.73. The molecule has 1 amide bonds. The number of anilines is 1. The monoisotopic (exact) mass is 396 g/mol. The number of nitrogens with zero attached hydrogens (tertiary/aromatic N) is 2. The average molecular weight is 396 g/mol. The molecule has 152 valence electrons. The summed E-state index contributed by atoms with van der Waals surface area (Å²) >= 11 is 0. The molecule has 28 heavy (non-hydrogen) atoms. The first-order chi connectivity index (χ1) is 13.0. The highest BCUT2D eigenvalue weighted by Gasteiger charge is 2.46. The van der Waals surface area contributed by atoms with E-state index in [9.17, 15) is 18.0 Å². The van der Waals surface area contributed by atoms with Gasteiger partial charge in [0.25, 0.3) is 5.91 Å². The van der Waals surface area contributed by atoms with Crippen molar-refractivity contribution in [2.75, 3.05) is 12.4 Å². The zero-order valence-electron chi connectivity index (χ0n) is 16.1. The Morgan fingerprint density at radius 2 is 1.89 bits per heavy atom. The SMILES string of the molecule is COc1ccc([C@@H]2C[C@@H](C(F)(F)F)n3nc(C(=O)NC(C)(C)C)cc3N2)cc1. The fraction of sp³-hybridized carbons (Fsp3) is 0.474. The van der Waals surface area contributed by atoms with Crippen LogP contribution in [0.25, 0.3) is 0 Å². The van der Waals surface area contributed by atoms with Gasteiger partial charge in [-0.05, 0) is 38.5 Å². The van der Waals surface area contributed by atoms with Gasteiger partial charge < -0.3 is 15.4 Å². The van der Waals surface area contributed by atoms with Crippen molar-refractivity contribution in [2.24, 2.45) is 0 Å². The molecular weight excluding hydrogens is 373 g/mol. The molecule has 1 aliphatic rings. The van der Waals surface area contributed by atoms with Crippen LogP contribution < -0.4 is 15.4 Å². The van der Waals surface area contributed by atoms with Crippen molar-refractivity contribution in [1.82, 2.24) is 15.1 Å². The quantitative estimate of drug-likeness (QED) is 0.820. The minimum absolute atomic E-state index is 0.0537.